The fourth-order valence-electron chi connectivity index (χ4n) is 2.39. The molecule has 20 heavy (non-hydrogen) atoms. The van der Waals surface area contributed by atoms with Crippen LogP contribution >= 0.6 is 0 Å². The number of anilines is 2. The maximum Gasteiger partial charge on any atom is 0.240 e. The number of hydrogen-bond donors (Lipinski definition) is 2. The van der Waals surface area contributed by atoms with E-state index in [2.05, 4.69) is 15.2 Å². The van der Waals surface area contributed by atoms with Crippen molar-refractivity contribution >= 4 is 22.8 Å². The molecule has 0 atom stereocenters. The summed E-state index contributed by atoms with van der Waals surface area (Å²) in [4.78, 5) is 4.02. The van der Waals surface area contributed by atoms with Crippen LogP contribution in [0.2, 0.25) is 0 Å². The minimum atomic E-state index is 0.156. The molecule has 0 aliphatic heterocycles. The van der Waals surface area contributed by atoms with E-state index in [1.807, 2.05) is 36.7 Å². The second kappa shape index (κ2) is 3.70. The zero-order chi connectivity index (χ0) is 13.7. The second-order valence-electron chi connectivity index (χ2n) is 4.49. The van der Waals surface area contributed by atoms with Gasteiger partial charge in [0.15, 0.2) is 5.82 Å². The van der Waals surface area contributed by atoms with Gasteiger partial charge in [0.2, 0.25) is 5.95 Å². The molecule has 4 aromatic heterocycles. The van der Waals surface area contributed by atoms with E-state index < -0.39 is 0 Å². The van der Waals surface area contributed by atoms with E-state index in [1.54, 1.807) is 15.2 Å². The zero-order valence-electron chi connectivity index (χ0n) is 10.4. The van der Waals surface area contributed by atoms with Crippen molar-refractivity contribution in [2.75, 3.05) is 11.5 Å². The molecule has 0 radical (unpaired) electrons. The van der Waals surface area contributed by atoms with Gasteiger partial charge >= 0.3 is 0 Å². The summed E-state index contributed by atoms with van der Waals surface area (Å²) >= 11 is 0. The molecule has 7 heteroatoms. The quantitative estimate of drug-likeness (QED) is 0.539. The summed E-state index contributed by atoms with van der Waals surface area (Å²) in [6.07, 6.45) is 5.48. The van der Waals surface area contributed by atoms with Gasteiger partial charge in [-0.2, -0.15) is 10.1 Å². The lowest BCUT2D eigenvalue weighted by molar-refractivity contribution is 0.922. The summed E-state index contributed by atoms with van der Waals surface area (Å²) in [6.45, 7) is 0. The van der Waals surface area contributed by atoms with E-state index in [9.17, 15) is 0 Å². The topological polar surface area (TPSA) is 99.5 Å². The molecule has 98 valence electrons. The highest BCUT2D eigenvalue weighted by Crippen LogP contribution is 2.29. The highest BCUT2D eigenvalue weighted by atomic mass is 15.3. The molecule has 0 bridgehead atoms. The average molecular weight is 265 g/mol. The first kappa shape index (κ1) is 10.8. The number of aromatic nitrogens is 5. The number of nitrogen functional groups attached to an aromatic ring is 2. The molecular weight excluding hydrogens is 254 g/mol. The van der Waals surface area contributed by atoms with Crippen LogP contribution in [-0.4, -0.2) is 24.2 Å². The van der Waals surface area contributed by atoms with Gasteiger partial charge in [-0.05, 0) is 29.8 Å². The van der Waals surface area contributed by atoms with Gasteiger partial charge < -0.3 is 11.5 Å². The molecule has 0 fully saturated rings. The highest BCUT2D eigenvalue weighted by Gasteiger charge is 2.11. The van der Waals surface area contributed by atoms with E-state index in [4.69, 9.17) is 11.5 Å². The van der Waals surface area contributed by atoms with Gasteiger partial charge in [0.25, 0.3) is 0 Å². The van der Waals surface area contributed by atoms with E-state index in [0.717, 1.165) is 22.2 Å². The minimum Gasteiger partial charge on any atom is -0.382 e. The number of fused-ring (bicyclic) bond motifs is 2. The van der Waals surface area contributed by atoms with Crippen molar-refractivity contribution in [3.63, 3.8) is 0 Å². The Morgan fingerprint density at radius 3 is 2.75 bits per heavy atom. The van der Waals surface area contributed by atoms with Crippen molar-refractivity contribution in [2.45, 2.75) is 0 Å². The van der Waals surface area contributed by atoms with Crippen molar-refractivity contribution in [3.8, 4) is 11.1 Å². The van der Waals surface area contributed by atoms with Gasteiger partial charge in [0.05, 0.1) is 5.52 Å². The molecule has 0 spiro atoms. The zero-order valence-corrected chi connectivity index (χ0v) is 10.4. The average Bonchev–Trinajstić information content (AvgIpc) is 3.03. The molecule has 0 amide bonds. The Kier molecular flexibility index (Phi) is 2.00. The van der Waals surface area contributed by atoms with Crippen molar-refractivity contribution in [2.24, 2.45) is 0 Å². The molecule has 4 heterocycles. The molecule has 4 N–H and O–H groups in total. The van der Waals surface area contributed by atoms with Crippen LogP contribution in [0.15, 0.2) is 42.9 Å². The van der Waals surface area contributed by atoms with Crippen LogP contribution in [0.25, 0.3) is 22.2 Å². The molecule has 0 saturated heterocycles. The van der Waals surface area contributed by atoms with E-state index in [0.29, 0.717) is 5.82 Å². The smallest absolute Gasteiger partial charge is 0.240 e. The SMILES string of the molecule is Nc1nc(N)c2c(-c3ccn4nccc4c3)ccn2n1. The molecule has 0 aliphatic rings. The third-order valence-electron chi connectivity index (χ3n) is 3.27. The van der Waals surface area contributed by atoms with Crippen LogP contribution in [0, 0.1) is 0 Å². The van der Waals surface area contributed by atoms with E-state index in [-0.39, 0.29) is 5.95 Å². The van der Waals surface area contributed by atoms with Crippen LogP contribution in [0.4, 0.5) is 11.8 Å². The largest absolute Gasteiger partial charge is 0.382 e. The van der Waals surface area contributed by atoms with Gasteiger partial charge in [-0.3, -0.25) is 0 Å². The van der Waals surface area contributed by atoms with Gasteiger partial charge in [-0.1, -0.05) is 0 Å². The minimum absolute atomic E-state index is 0.156. The Hall–Kier alpha value is -3.09. The Morgan fingerprint density at radius 2 is 1.85 bits per heavy atom. The molecule has 0 saturated carbocycles. The standard InChI is InChI=1S/C13H11N7/c14-12-11-10(3-6-20(11)18-13(15)17-12)8-2-5-19-9(7-8)1-4-16-19/h1-7H,(H4,14,15,17,18). The third-order valence-corrected chi connectivity index (χ3v) is 3.27. The first-order valence-electron chi connectivity index (χ1n) is 6.06. The predicted molar refractivity (Wildman–Crippen MR) is 76.0 cm³/mol. The van der Waals surface area contributed by atoms with Gasteiger partial charge in [-0.15, -0.1) is 5.10 Å². The van der Waals surface area contributed by atoms with Crippen molar-refractivity contribution in [1.29, 1.82) is 0 Å². The number of pyridine rings is 1. The Labute approximate surface area is 113 Å². The van der Waals surface area contributed by atoms with Crippen LogP contribution in [0.3, 0.4) is 0 Å². The molecule has 4 aromatic rings. The van der Waals surface area contributed by atoms with Gasteiger partial charge in [0.1, 0.15) is 5.52 Å². The maximum atomic E-state index is 5.96. The molecular formula is C13H11N7. The molecule has 0 unspecified atom stereocenters. The molecule has 0 aromatic carbocycles. The lowest BCUT2D eigenvalue weighted by atomic mass is 10.1. The first-order valence-corrected chi connectivity index (χ1v) is 6.06. The first-order chi connectivity index (χ1) is 9.72. The van der Waals surface area contributed by atoms with E-state index >= 15 is 0 Å². The Bertz CT molecular complexity index is 934. The molecule has 7 nitrogen and oxygen atoms in total. The molecule has 4 rings (SSSR count). The third kappa shape index (κ3) is 1.43. The summed E-state index contributed by atoms with van der Waals surface area (Å²) in [6, 6.07) is 7.91. The number of rotatable bonds is 1. The highest BCUT2D eigenvalue weighted by molar-refractivity contribution is 5.88. The van der Waals surface area contributed by atoms with Crippen LogP contribution in [-0.2, 0) is 0 Å². The van der Waals surface area contributed by atoms with Crippen molar-refractivity contribution in [3.05, 3.63) is 42.9 Å². The second-order valence-corrected chi connectivity index (χ2v) is 4.49. The monoisotopic (exact) mass is 265 g/mol. The molecule has 0 aliphatic carbocycles. The normalized spacial score (nSPS) is 11.4. The predicted octanol–water partition coefficient (Wildman–Crippen LogP) is 1.21. The van der Waals surface area contributed by atoms with Crippen LogP contribution < -0.4 is 11.5 Å². The van der Waals surface area contributed by atoms with E-state index in [1.165, 1.54) is 0 Å². The lowest BCUT2D eigenvalue weighted by Crippen LogP contribution is -2.05. The summed E-state index contributed by atoms with van der Waals surface area (Å²) in [7, 11) is 0. The summed E-state index contributed by atoms with van der Waals surface area (Å²) < 4.78 is 3.45. The van der Waals surface area contributed by atoms with Crippen LogP contribution in [0.1, 0.15) is 0 Å². The van der Waals surface area contributed by atoms with Crippen molar-refractivity contribution in [1.82, 2.24) is 24.2 Å². The number of nitrogens with two attached hydrogens (primary N) is 2. The van der Waals surface area contributed by atoms with Crippen molar-refractivity contribution < 1.29 is 0 Å². The van der Waals surface area contributed by atoms with Gasteiger partial charge in [-0.25, -0.2) is 9.03 Å². The Morgan fingerprint density at radius 1 is 1.00 bits per heavy atom. The lowest BCUT2D eigenvalue weighted by Gasteiger charge is -2.04. The Balaban J connectivity index is 2.01. The fourth-order valence-corrected chi connectivity index (χ4v) is 2.39. The summed E-state index contributed by atoms with van der Waals surface area (Å²) in [5.41, 5.74) is 15.3. The fraction of sp³-hybridized carbons (Fsp3) is 0. The summed E-state index contributed by atoms with van der Waals surface area (Å²) in [5, 5.41) is 8.30. The number of hydrogen-bond acceptors (Lipinski definition) is 5. The van der Waals surface area contributed by atoms with Gasteiger partial charge in [0, 0.05) is 24.2 Å². The number of nitrogens with zero attached hydrogens (tertiary/aromatic N) is 5. The maximum absolute atomic E-state index is 5.96. The summed E-state index contributed by atoms with van der Waals surface area (Å²) in [5.74, 6) is 0.522. The van der Waals surface area contributed by atoms with Crippen LogP contribution in [0.5, 0.6) is 0 Å².